The SMILES string of the molecule is CC(C)c1cnn2c(Nc3ccc(S(=O)(=O)N(C)C)cc3)cc(N[C@H]3CCNC3)nc12. The van der Waals surface area contributed by atoms with E-state index >= 15 is 0 Å². The highest BCUT2D eigenvalue weighted by Crippen LogP contribution is 2.27. The number of aromatic nitrogens is 3. The molecule has 1 aliphatic rings. The zero-order valence-electron chi connectivity index (χ0n) is 18.3. The van der Waals surface area contributed by atoms with E-state index in [1.165, 1.54) is 18.4 Å². The van der Waals surface area contributed by atoms with Crippen LogP contribution in [0.25, 0.3) is 5.65 Å². The average Bonchev–Trinajstić information content (AvgIpc) is 3.38. The molecule has 31 heavy (non-hydrogen) atoms. The van der Waals surface area contributed by atoms with Crippen LogP contribution in [0.1, 0.15) is 31.7 Å². The zero-order chi connectivity index (χ0) is 22.2. The molecule has 1 aliphatic heterocycles. The number of sulfonamides is 1. The van der Waals surface area contributed by atoms with Gasteiger partial charge < -0.3 is 16.0 Å². The van der Waals surface area contributed by atoms with Crippen molar-refractivity contribution in [3.05, 3.63) is 42.1 Å². The van der Waals surface area contributed by atoms with Crippen LogP contribution >= 0.6 is 0 Å². The fourth-order valence-corrected chi connectivity index (χ4v) is 4.51. The topological polar surface area (TPSA) is 104 Å². The molecule has 1 fully saturated rings. The first kappa shape index (κ1) is 21.5. The van der Waals surface area contributed by atoms with E-state index in [9.17, 15) is 8.42 Å². The van der Waals surface area contributed by atoms with Gasteiger partial charge in [0.05, 0.1) is 11.1 Å². The van der Waals surface area contributed by atoms with E-state index < -0.39 is 10.0 Å². The molecule has 166 valence electrons. The normalized spacial score (nSPS) is 17.0. The summed E-state index contributed by atoms with van der Waals surface area (Å²) in [6.45, 7) is 6.15. The van der Waals surface area contributed by atoms with Gasteiger partial charge in [0.15, 0.2) is 5.65 Å². The Morgan fingerprint density at radius 3 is 2.58 bits per heavy atom. The van der Waals surface area contributed by atoms with E-state index in [0.717, 1.165) is 48.0 Å². The highest BCUT2D eigenvalue weighted by atomic mass is 32.2. The molecular weight excluding hydrogens is 414 g/mol. The lowest BCUT2D eigenvalue weighted by Crippen LogP contribution is -2.23. The van der Waals surface area contributed by atoms with Crippen molar-refractivity contribution in [1.29, 1.82) is 0 Å². The number of rotatable bonds is 7. The predicted octanol–water partition coefficient (Wildman–Crippen LogP) is 2.62. The maximum atomic E-state index is 12.3. The second-order valence-electron chi connectivity index (χ2n) is 8.29. The van der Waals surface area contributed by atoms with Crippen molar-refractivity contribution < 1.29 is 8.42 Å². The van der Waals surface area contributed by atoms with Crippen LogP contribution in [-0.2, 0) is 10.0 Å². The van der Waals surface area contributed by atoms with Crippen LogP contribution in [-0.4, -0.2) is 60.5 Å². The van der Waals surface area contributed by atoms with Crippen molar-refractivity contribution in [2.45, 2.75) is 37.1 Å². The third kappa shape index (κ3) is 4.36. The summed E-state index contributed by atoms with van der Waals surface area (Å²) in [5.74, 6) is 1.84. The fraction of sp³-hybridized carbons (Fsp3) is 0.429. The number of fused-ring (bicyclic) bond motifs is 1. The summed E-state index contributed by atoms with van der Waals surface area (Å²) in [4.78, 5) is 5.07. The number of nitrogens with zero attached hydrogens (tertiary/aromatic N) is 4. The Bertz CT molecular complexity index is 1160. The molecule has 0 unspecified atom stereocenters. The Morgan fingerprint density at radius 1 is 1.23 bits per heavy atom. The maximum Gasteiger partial charge on any atom is 0.242 e. The number of hydrogen-bond donors (Lipinski definition) is 3. The van der Waals surface area contributed by atoms with E-state index in [-0.39, 0.29) is 10.8 Å². The number of anilines is 3. The molecule has 1 saturated heterocycles. The first-order valence-electron chi connectivity index (χ1n) is 10.4. The van der Waals surface area contributed by atoms with Crippen molar-refractivity contribution in [2.24, 2.45) is 0 Å². The Labute approximate surface area is 182 Å². The summed E-state index contributed by atoms with van der Waals surface area (Å²) < 4.78 is 27.6. The molecule has 0 aliphatic carbocycles. The summed E-state index contributed by atoms with van der Waals surface area (Å²) >= 11 is 0. The van der Waals surface area contributed by atoms with Gasteiger partial charge in [0.1, 0.15) is 11.6 Å². The van der Waals surface area contributed by atoms with Gasteiger partial charge >= 0.3 is 0 Å². The van der Waals surface area contributed by atoms with Crippen molar-refractivity contribution >= 4 is 33.0 Å². The quantitative estimate of drug-likeness (QED) is 0.516. The Morgan fingerprint density at radius 2 is 1.97 bits per heavy atom. The molecule has 10 heteroatoms. The smallest absolute Gasteiger partial charge is 0.242 e. The second kappa shape index (κ2) is 8.45. The summed E-state index contributed by atoms with van der Waals surface area (Å²) in [5, 5.41) is 14.8. The molecule has 0 bridgehead atoms. The molecule has 4 rings (SSSR count). The summed E-state index contributed by atoms with van der Waals surface area (Å²) in [6, 6.07) is 8.98. The van der Waals surface area contributed by atoms with Gasteiger partial charge in [-0.05, 0) is 43.1 Å². The highest BCUT2D eigenvalue weighted by Gasteiger charge is 2.19. The van der Waals surface area contributed by atoms with Crippen molar-refractivity contribution in [3.63, 3.8) is 0 Å². The molecule has 1 atom stereocenters. The largest absolute Gasteiger partial charge is 0.366 e. The predicted molar refractivity (Wildman–Crippen MR) is 123 cm³/mol. The molecule has 0 amide bonds. The summed E-state index contributed by atoms with van der Waals surface area (Å²) in [5.41, 5.74) is 2.64. The molecular formula is C21H29N7O2S. The van der Waals surface area contributed by atoms with Gasteiger partial charge in [-0.1, -0.05) is 13.8 Å². The lowest BCUT2D eigenvalue weighted by molar-refractivity contribution is 0.521. The van der Waals surface area contributed by atoms with E-state index in [1.54, 1.807) is 28.8 Å². The van der Waals surface area contributed by atoms with E-state index in [1.807, 2.05) is 12.3 Å². The minimum atomic E-state index is -3.47. The number of hydrogen-bond acceptors (Lipinski definition) is 7. The van der Waals surface area contributed by atoms with Crippen LogP contribution in [0.15, 0.2) is 41.4 Å². The highest BCUT2D eigenvalue weighted by molar-refractivity contribution is 7.89. The third-order valence-corrected chi connectivity index (χ3v) is 7.27. The van der Waals surface area contributed by atoms with Crippen LogP contribution < -0.4 is 16.0 Å². The van der Waals surface area contributed by atoms with Gasteiger partial charge in [-0.25, -0.2) is 17.7 Å². The van der Waals surface area contributed by atoms with Crippen molar-refractivity contribution in [2.75, 3.05) is 37.8 Å². The van der Waals surface area contributed by atoms with Gasteiger partial charge in [-0.3, -0.25) is 0 Å². The van der Waals surface area contributed by atoms with E-state index in [2.05, 4.69) is 34.9 Å². The number of nitrogens with one attached hydrogen (secondary N) is 3. The standard InChI is InChI=1S/C21H29N7O2S/c1-14(2)18-13-23-28-20(11-19(26-21(18)28)24-16-9-10-22-12-16)25-15-5-7-17(8-6-15)31(29,30)27(3)4/h5-8,11,13-14,16,22,25H,9-10,12H2,1-4H3,(H,24,26)/t16-/m0/s1. The fourth-order valence-electron chi connectivity index (χ4n) is 3.61. The zero-order valence-corrected chi connectivity index (χ0v) is 19.1. The minimum absolute atomic E-state index is 0.250. The Hall–Kier alpha value is -2.69. The van der Waals surface area contributed by atoms with Crippen LogP contribution in [0.4, 0.5) is 17.3 Å². The molecule has 9 nitrogen and oxygen atoms in total. The lowest BCUT2D eigenvalue weighted by atomic mass is 10.1. The van der Waals surface area contributed by atoms with Crippen LogP contribution in [0.2, 0.25) is 0 Å². The third-order valence-electron chi connectivity index (χ3n) is 5.44. The van der Waals surface area contributed by atoms with Gasteiger partial charge in [-0.2, -0.15) is 9.61 Å². The van der Waals surface area contributed by atoms with E-state index in [0.29, 0.717) is 6.04 Å². The monoisotopic (exact) mass is 443 g/mol. The molecule has 3 N–H and O–H groups in total. The Balaban J connectivity index is 1.69. The first-order valence-corrected chi connectivity index (χ1v) is 11.9. The molecule has 2 aromatic heterocycles. The van der Waals surface area contributed by atoms with Gasteiger partial charge in [0.2, 0.25) is 10.0 Å². The second-order valence-corrected chi connectivity index (χ2v) is 10.4. The molecule has 0 radical (unpaired) electrons. The van der Waals surface area contributed by atoms with Crippen LogP contribution in [0.5, 0.6) is 0 Å². The first-order chi connectivity index (χ1) is 14.8. The van der Waals surface area contributed by atoms with Gasteiger partial charge in [0, 0.05) is 44.0 Å². The number of benzene rings is 1. The van der Waals surface area contributed by atoms with Crippen LogP contribution in [0.3, 0.4) is 0 Å². The van der Waals surface area contributed by atoms with Gasteiger partial charge in [0.25, 0.3) is 0 Å². The van der Waals surface area contributed by atoms with Gasteiger partial charge in [-0.15, -0.1) is 0 Å². The molecule has 1 aromatic carbocycles. The summed E-state index contributed by atoms with van der Waals surface area (Å²) in [6.07, 6.45) is 2.90. The van der Waals surface area contributed by atoms with Crippen molar-refractivity contribution in [1.82, 2.24) is 24.2 Å². The van der Waals surface area contributed by atoms with Crippen LogP contribution in [0, 0.1) is 0 Å². The average molecular weight is 444 g/mol. The van der Waals surface area contributed by atoms with Crippen molar-refractivity contribution in [3.8, 4) is 0 Å². The lowest BCUT2D eigenvalue weighted by Gasteiger charge is -2.16. The molecule has 3 aromatic rings. The Kier molecular flexibility index (Phi) is 5.87. The van der Waals surface area contributed by atoms with E-state index in [4.69, 9.17) is 4.98 Å². The molecule has 0 spiro atoms. The minimum Gasteiger partial charge on any atom is -0.366 e. The molecule has 0 saturated carbocycles. The molecule has 3 heterocycles. The maximum absolute atomic E-state index is 12.3. The summed E-state index contributed by atoms with van der Waals surface area (Å²) in [7, 11) is -0.423.